The van der Waals surface area contributed by atoms with Crippen LogP contribution < -0.4 is 4.74 Å². The highest BCUT2D eigenvalue weighted by atomic mass is 127. The average molecular weight is 650 g/mol. The predicted octanol–water partition coefficient (Wildman–Crippen LogP) is 4.35. The van der Waals surface area contributed by atoms with E-state index in [0.29, 0.717) is 23.7 Å². The number of amides is 3. The fraction of sp³-hybridized carbons (Fsp3) is 0.381. The van der Waals surface area contributed by atoms with Crippen molar-refractivity contribution in [1.29, 1.82) is 0 Å². The fourth-order valence-electron chi connectivity index (χ4n) is 3.26. The molecule has 0 unspecified atom stereocenters. The molecule has 0 spiro atoms. The summed E-state index contributed by atoms with van der Waals surface area (Å²) in [4.78, 5) is 40.9. The Hall–Kier alpha value is -1.26. The third kappa shape index (κ3) is 5.70. The maximum atomic E-state index is 12.8. The normalized spacial score (nSPS) is 18.5. The zero-order valence-electron chi connectivity index (χ0n) is 16.2. The zero-order valence-corrected chi connectivity index (χ0v) is 21.3. The van der Waals surface area contributed by atoms with Gasteiger partial charge in [-0.2, -0.15) is 0 Å². The van der Waals surface area contributed by atoms with Crippen molar-refractivity contribution in [3.8, 4) is 18.1 Å². The standard InChI is InChI=1S/C21H20I2N2O4S/c1-2-9-29-19-15(22)10-14(11-16(19)23)12-17-20(27)25(21(28)30-17)13-18(26)24-7-5-3-4-6-8-24/h1,10-12H,3-9,13H2. The van der Waals surface area contributed by atoms with Crippen LogP contribution in [0.1, 0.15) is 31.2 Å². The SMILES string of the molecule is C#CCOc1c(I)cc(C=C2SC(=O)N(CC(=O)N3CCCCCC3)C2=O)cc1I. The lowest BCUT2D eigenvalue weighted by Gasteiger charge is -2.22. The number of imide groups is 1. The molecule has 9 heteroatoms. The van der Waals surface area contributed by atoms with Gasteiger partial charge in [-0.05, 0) is 93.6 Å². The Morgan fingerprint density at radius 3 is 2.40 bits per heavy atom. The van der Waals surface area contributed by atoms with E-state index >= 15 is 0 Å². The smallest absolute Gasteiger partial charge is 0.294 e. The molecule has 2 heterocycles. The summed E-state index contributed by atoms with van der Waals surface area (Å²) in [5.74, 6) is 2.54. The van der Waals surface area contributed by atoms with E-state index in [9.17, 15) is 14.4 Å². The molecule has 2 fully saturated rings. The van der Waals surface area contributed by atoms with E-state index in [1.807, 2.05) is 12.1 Å². The molecule has 6 nitrogen and oxygen atoms in total. The number of carbonyl (C=O) groups is 3. The largest absolute Gasteiger partial charge is 0.479 e. The first-order valence-electron chi connectivity index (χ1n) is 9.49. The molecule has 0 aliphatic carbocycles. The van der Waals surface area contributed by atoms with Crippen LogP contribution in [-0.4, -0.2) is 53.1 Å². The molecule has 0 radical (unpaired) electrons. The summed E-state index contributed by atoms with van der Waals surface area (Å²) < 4.78 is 7.27. The van der Waals surface area contributed by atoms with Gasteiger partial charge in [0.05, 0.1) is 12.0 Å². The molecule has 3 rings (SSSR count). The van der Waals surface area contributed by atoms with Gasteiger partial charge in [0, 0.05) is 13.1 Å². The molecule has 0 N–H and O–H groups in total. The number of nitrogens with zero attached hydrogens (tertiary/aromatic N) is 2. The number of terminal acetylenes is 1. The third-order valence-electron chi connectivity index (χ3n) is 4.74. The van der Waals surface area contributed by atoms with Crippen molar-refractivity contribution in [3.63, 3.8) is 0 Å². The number of hydrogen-bond acceptors (Lipinski definition) is 5. The summed E-state index contributed by atoms with van der Waals surface area (Å²) in [6, 6.07) is 3.73. The van der Waals surface area contributed by atoms with Crippen LogP contribution in [0.3, 0.4) is 0 Å². The van der Waals surface area contributed by atoms with Crippen molar-refractivity contribution in [2.75, 3.05) is 26.2 Å². The first-order valence-corrected chi connectivity index (χ1v) is 12.5. The number of ether oxygens (including phenoxy) is 1. The Balaban J connectivity index is 1.73. The van der Waals surface area contributed by atoms with Crippen LogP contribution in [0.4, 0.5) is 4.79 Å². The number of halogens is 2. The first kappa shape index (κ1) is 23.4. The molecular formula is C21H20I2N2O4S. The van der Waals surface area contributed by atoms with E-state index in [4.69, 9.17) is 11.2 Å². The molecule has 3 amide bonds. The van der Waals surface area contributed by atoms with Crippen molar-refractivity contribution in [3.05, 3.63) is 29.7 Å². The fourth-order valence-corrected chi connectivity index (χ4v) is 6.22. The van der Waals surface area contributed by atoms with Crippen LogP contribution in [0.5, 0.6) is 5.75 Å². The van der Waals surface area contributed by atoms with E-state index < -0.39 is 11.1 Å². The molecule has 30 heavy (non-hydrogen) atoms. The van der Waals surface area contributed by atoms with Crippen molar-refractivity contribution in [1.82, 2.24) is 9.80 Å². The van der Waals surface area contributed by atoms with E-state index in [2.05, 4.69) is 51.1 Å². The van der Waals surface area contributed by atoms with Crippen LogP contribution in [0.2, 0.25) is 0 Å². The van der Waals surface area contributed by atoms with E-state index in [1.54, 1.807) is 11.0 Å². The van der Waals surface area contributed by atoms with Crippen LogP contribution in [-0.2, 0) is 9.59 Å². The average Bonchev–Trinajstić information content (AvgIpc) is 2.90. The number of rotatable bonds is 5. The first-order chi connectivity index (χ1) is 14.4. The number of likely N-dealkylation sites (tertiary alicyclic amines) is 1. The van der Waals surface area contributed by atoms with Crippen LogP contribution in [0.25, 0.3) is 6.08 Å². The minimum Gasteiger partial charge on any atom is -0.479 e. The Kier molecular flexibility index (Phi) is 8.47. The van der Waals surface area contributed by atoms with Gasteiger partial charge in [0.25, 0.3) is 11.1 Å². The molecular weight excluding hydrogens is 630 g/mol. The summed E-state index contributed by atoms with van der Waals surface area (Å²) in [6.45, 7) is 1.36. The number of hydrogen-bond donors (Lipinski definition) is 0. The van der Waals surface area contributed by atoms with Gasteiger partial charge in [-0.25, -0.2) is 0 Å². The van der Waals surface area contributed by atoms with E-state index in [0.717, 1.165) is 55.0 Å². The van der Waals surface area contributed by atoms with Gasteiger partial charge < -0.3 is 9.64 Å². The monoisotopic (exact) mass is 650 g/mol. The van der Waals surface area contributed by atoms with Crippen molar-refractivity contribution in [2.24, 2.45) is 0 Å². The summed E-state index contributed by atoms with van der Waals surface area (Å²) in [7, 11) is 0. The number of carbonyl (C=O) groups excluding carboxylic acids is 3. The van der Waals surface area contributed by atoms with E-state index in [-0.39, 0.29) is 19.1 Å². The summed E-state index contributed by atoms with van der Waals surface area (Å²) in [6.07, 6.45) is 11.1. The van der Waals surface area contributed by atoms with Gasteiger partial charge in [0.15, 0.2) is 0 Å². The minimum absolute atomic E-state index is 0.167. The lowest BCUT2D eigenvalue weighted by atomic mass is 10.2. The van der Waals surface area contributed by atoms with Crippen LogP contribution in [0.15, 0.2) is 17.0 Å². The molecule has 0 bridgehead atoms. The minimum atomic E-state index is -0.425. The highest BCUT2D eigenvalue weighted by molar-refractivity contribution is 14.1. The van der Waals surface area contributed by atoms with Gasteiger partial charge >= 0.3 is 0 Å². The van der Waals surface area contributed by atoms with Gasteiger partial charge in [-0.1, -0.05) is 18.8 Å². The van der Waals surface area contributed by atoms with Crippen molar-refractivity contribution >= 4 is 80.1 Å². The Morgan fingerprint density at radius 2 is 1.80 bits per heavy atom. The number of benzene rings is 1. The molecule has 0 saturated carbocycles. The molecule has 2 aliphatic heterocycles. The predicted molar refractivity (Wildman–Crippen MR) is 134 cm³/mol. The Labute approximate surface area is 207 Å². The molecule has 0 aromatic heterocycles. The second-order valence-corrected chi connectivity index (χ2v) is 10.2. The molecule has 1 aromatic carbocycles. The second-order valence-electron chi connectivity index (χ2n) is 6.87. The van der Waals surface area contributed by atoms with E-state index in [1.165, 1.54) is 0 Å². The molecule has 158 valence electrons. The second kappa shape index (κ2) is 10.9. The van der Waals surface area contributed by atoms with Gasteiger partial charge in [0.2, 0.25) is 5.91 Å². The quantitative estimate of drug-likeness (QED) is 0.270. The maximum Gasteiger partial charge on any atom is 0.294 e. The molecule has 1 aromatic rings. The van der Waals surface area contributed by atoms with Crippen molar-refractivity contribution < 1.29 is 19.1 Å². The molecule has 0 atom stereocenters. The topological polar surface area (TPSA) is 66.9 Å². The van der Waals surface area contributed by atoms with Gasteiger partial charge in [-0.15, -0.1) is 6.42 Å². The van der Waals surface area contributed by atoms with Crippen LogP contribution in [0, 0.1) is 19.5 Å². The Bertz CT molecular complexity index is 910. The third-order valence-corrected chi connectivity index (χ3v) is 7.25. The van der Waals surface area contributed by atoms with Crippen LogP contribution >= 0.6 is 56.9 Å². The molecule has 2 aliphatic rings. The maximum absolute atomic E-state index is 12.8. The summed E-state index contributed by atoms with van der Waals surface area (Å²) >= 11 is 5.16. The zero-order chi connectivity index (χ0) is 21.7. The molecule has 2 saturated heterocycles. The number of thioether (sulfide) groups is 1. The summed E-state index contributed by atoms with van der Waals surface area (Å²) in [5, 5.41) is -0.409. The van der Waals surface area contributed by atoms with Gasteiger partial charge in [0.1, 0.15) is 18.9 Å². The highest BCUT2D eigenvalue weighted by Gasteiger charge is 2.37. The Morgan fingerprint density at radius 1 is 1.17 bits per heavy atom. The summed E-state index contributed by atoms with van der Waals surface area (Å²) in [5.41, 5.74) is 0.779. The highest BCUT2D eigenvalue weighted by Crippen LogP contribution is 2.34. The van der Waals surface area contributed by atoms with Crippen molar-refractivity contribution in [2.45, 2.75) is 25.7 Å². The lowest BCUT2D eigenvalue weighted by molar-refractivity contribution is -0.135. The van der Waals surface area contributed by atoms with Gasteiger partial charge in [-0.3, -0.25) is 19.3 Å². The lowest BCUT2D eigenvalue weighted by Crippen LogP contribution is -2.42.